The molecule has 0 spiro atoms. The first-order valence-electron chi connectivity index (χ1n) is 5.04. The number of benzene rings is 1. The van der Waals surface area contributed by atoms with Crippen molar-refractivity contribution in [3.8, 4) is 0 Å². The average Bonchev–Trinajstić information content (AvgIpc) is 2.17. The Morgan fingerprint density at radius 3 is 2.12 bits per heavy atom. The third-order valence-electron chi connectivity index (χ3n) is 2.22. The fourth-order valence-electron chi connectivity index (χ4n) is 1.27. The summed E-state index contributed by atoms with van der Waals surface area (Å²) in [4.78, 5) is 11.0. The maximum atomic E-state index is 11.0. The highest BCUT2D eigenvalue weighted by atomic mass is 16.1. The summed E-state index contributed by atoms with van der Waals surface area (Å²) >= 11 is 0. The lowest BCUT2D eigenvalue weighted by Crippen LogP contribution is -2.21. The molecule has 1 amide bonds. The zero-order chi connectivity index (χ0) is 11.5. The highest BCUT2D eigenvalue weighted by Gasteiger charge is 2.12. The van der Waals surface area contributed by atoms with Crippen LogP contribution >= 0.6 is 0 Å². The molecule has 0 atom stereocenters. The van der Waals surface area contributed by atoms with E-state index in [-0.39, 0.29) is 25.3 Å². The lowest BCUT2D eigenvalue weighted by atomic mass is 9.87. The maximum absolute atomic E-state index is 11.0. The molecule has 0 heterocycles. The molecule has 0 aliphatic heterocycles. The van der Waals surface area contributed by atoms with E-state index >= 15 is 0 Å². The van der Waals surface area contributed by atoms with Crippen LogP contribution in [0.1, 0.15) is 33.8 Å². The Morgan fingerprint density at radius 1 is 1.25 bits per heavy atom. The third-order valence-corrected chi connectivity index (χ3v) is 2.22. The largest absolute Gasteiger partial charge is 0.325 e. The normalized spacial score (nSPS) is 10.5. The van der Waals surface area contributed by atoms with Gasteiger partial charge >= 0.3 is 0 Å². The fourth-order valence-corrected chi connectivity index (χ4v) is 1.27. The van der Waals surface area contributed by atoms with Gasteiger partial charge in [-0.25, -0.2) is 0 Å². The molecule has 0 aromatic heterocycles. The van der Waals surface area contributed by atoms with Crippen LogP contribution in [0.3, 0.4) is 0 Å². The van der Waals surface area contributed by atoms with E-state index in [0.29, 0.717) is 0 Å². The summed E-state index contributed by atoms with van der Waals surface area (Å²) in [5.74, 6) is -0.168. The number of nitrogens with one attached hydrogen (secondary N) is 1. The van der Waals surface area contributed by atoms with Crippen LogP contribution in [0.15, 0.2) is 24.3 Å². The molecular formula is C13H22N2O. The molecule has 0 unspecified atom stereocenters. The molecule has 1 aromatic carbocycles. The summed E-state index contributed by atoms with van der Waals surface area (Å²) in [5, 5.41) is 2.71. The van der Waals surface area contributed by atoms with E-state index in [0.717, 1.165) is 5.69 Å². The molecule has 0 aliphatic rings. The monoisotopic (exact) mass is 222 g/mol. The van der Waals surface area contributed by atoms with Gasteiger partial charge in [0.1, 0.15) is 0 Å². The van der Waals surface area contributed by atoms with Crippen molar-refractivity contribution in [2.45, 2.75) is 33.6 Å². The number of hydrogen-bond donors (Lipinski definition) is 2. The first-order valence-corrected chi connectivity index (χ1v) is 5.04. The van der Waals surface area contributed by atoms with Crippen LogP contribution in [-0.2, 0) is 10.2 Å². The first kappa shape index (κ1) is 14.6. The van der Waals surface area contributed by atoms with Gasteiger partial charge in [-0.2, -0.15) is 0 Å². The highest BCUT2D eigenvalue weighted by Crippen LogP contribution is 2.23. The predicted molar refractivity (Wildman–Crippen MR) is 69.6 cm³/mol. The lowest BCUT2D eigenvalue weighted by molar-refractivity contribution is -0.114. The minimum atomic E-state index is -0.168. The summed E-state index contributed by atoms with van der Waals surface area (Å²) in [5.41, 5.74) is 7.38. The Labute approximate surface area is 98.0 Å². The topological polar surface area (TPSA) is 55.1 Å². The van der Waals surface area contributed by atoms with E-state index in [1.54, 1.807) is 0 Å². The molecule has 90 valence electrons. The van der Waals surface area contributed by atoms with Crippen molar-refractivity contribution in [1.82, 2.24) is 0 Å². The molecule has 3 nitrogen and oxygen atoms in total. The second-order valence-electron chi connectivity index (χ2n) is 4.58. The third kappa shape index (κ3) is 4.03. The van der Waals surface area contributed by atoms with Gasteiger partial charge in [-0.1, -0.05) is 40.3 Å². The van der Waals surface area contributed by atoms with E-state index in [4.69, 9.17) is 5.73 Å². The maximum Gasteiger partial charge on any atom is 0.238 e. The van der Waals surface area contributed by atoms with E-state index < -0.39 is 0 Å². The van der Waals surface area contributed by atoms with Gasteiger partial charge in [-0.3, -0.25) is 4.79 Å². The number of amides is 1. The standard InChI is InChI=1S/C12H18N2O.CH4/c1-12(2,3)9-4-6-10(7-5-9)14-11(15)8-13;/h4-7H,8,13H2,1-3H3,(H,14,15);1H4. The quantitative estimate of drug-likeness (QED) is 0.808. The Balaban J connectivity index is 0.00000225. The number of hydrogen-bond acceptors (Lipinski definition) is 2. The van der Waals surface area contributed by atoms with Gasteiger partial charge in [0.2, 0.25) is 5.91 Å². The average molecular weight is 222 g/mol. The summed E-state index contributed by atoms with van der Waals surface area (Å²) < 4.78 is 0. The van der Waals surface area contributed by atoms with Gasteiger partial charge in [-0.15, -0.1) is 0 Å². The van der Waals surface area contributed by atoms with E-state index in [2.05, 4.69) is 26.1 Å². The second kappa shape index (κ2) is 5.66. The first-order chi connectivity index (χ1) is 6.93. The summed E-state index contributed by atoms with van der Waals surface area (Å²) in [6.07, 6.45) is 0. The Kier molecular flexibility index (Phi) is 5.18. The number of anilines is 1. The summed E-state index contributed by atoms with van der Waals surface area (Å²) in [6.45, 7) is 6.47. The van der Waals surface area contributed by atoms with Gasteiger partial charge in [0.15, 0.2) is 0 Å². The molecule has 0 bridgehead atoms. The summed E-state index contributed by atoms with van der Waals surface area (Å²) in [6, 6.07) is 7.83. The van der Waals surface area contributed by atoms with Crippen LogP contribution in [0.5, 0.6) is 0 Å². The second-order valence-corrected chi connectivity index (χ2v) is 4.58. The van der Waals surface area contributed by atoms with Gasteiger partial charge < -0.3 is 11.1 Å². The van der Waals surface area contributed by atoms with Crippen molar-refractivity contribution in [1.29, 1.82) is 0 Å². The van der Waals surface area contributed by atoms with Crippen LogP contribution in [0.4, 0.5) is 5.69 Å². The summed E-state index contributed by atoms with van der Waals surface area (Å²) in [7, 11) is 0. The molecule has 16 heavy (non-hydrogen) atoms. The van der Waals surface area contributed by atoms with Crippen molar-refractivity contribution in [2.24, 2.45) is 5.73 Å². The van der Waals surface area contributed by atoms with Gasteiger partial charge in [0.25, 0.3) is 0 Å². The molecule has 3 heteroatoms. The van der Waals surface area contributed by atoms with Crippen molar-refractivity contribution >= 4 is 11.6 Å². The van der Waals surface area contributed by atoms with Crippen LogP contribution < -0.4 is 11.1 Å². The van der Waals surface area contributed by atoms with E-state index in [1.165, 1.54) is 5.56 Å². The highest BCUT2D eigenvalue weighted by molar-refractivity contribution is 5.92. The van der Waals surface area contributed by atoms with Crippen LogP contribution in [0.2, 0.25) is 0 Å². The molecule has 3 N–H and O–H groups in total. The minimum Gasteiger partial charge on any atom is -0.325 e. The van der Waals surface area contributed by atoms with Crippen molar-refractivity contribution in [3.63, 3.8) is 0 Å². The van der Waals surface area contributed by atoms with Gasteiger partial charge in [-0.05, 0) is 23.1 Å². The number of rotatable bonds is 2. The fraction of sp³-hybridized carbons (Fsp3) is 0.462. The number of carbonyl (C=O) groups is 1. The Hall–Kier alpha value is -1.35. The van der Waals surface area contributed by atoms with Crippen molar-refractivity contribution in [2.75, 3.05) is 11.9 Å². The molecule has 1 rings (SSSR count). The molecule has 0 saturated carbocycles. The zero-order valence-corrected chi connectivity index (χ0v) is 9.50. The van der Waals surface area contributed by atoms with E-state index in [1.807, 2.05) is 24.3 Å². The van der Waals surface area contributed by atoms with Crippen molar-refractivity contribution < 1.29 is 4.79 Å². The van der Waals surface area contributed by atoms with Gasteiger partial charge in [0.05, 0.1) is 6.54 Å². The Morgan fingerprint density at radius 2 is 1.75 bits per heavy atom. The lowest BCUT2D eigenvalue weighted by Gasteiger charge is -2.19. The molecule has 0 aliphatic carbocycles. The Bertz CT molecular complexity index is 336. The van der Waals surface area contributed by atoms with E-state index in [9.17, 15) is 4.79 Å². The predicted octanol–water partition coefficient (Wildman–Crippen LogP) is 2.52. The minimum absolute atomic E-state index is 0. The smallest absolute Gasteiger partial charge is 0.238 e. The molecular weight excluding hydrogens is 200 g/mol. The van der Waals surface area contributed by atoms with Gasteiger partial charge in [0, 0.05) is 5.69 Å². The van der Waals surface area contributed by atoms with Crippen molar-refractivity contribution in [3.05, 3.63) is 29.8 Å². The zero-order valence-electron chi connectivity index (χ0n) is 9.50. The van der Waals surface area contributed by atoms with Crippen LogP contribution in [0, 0.1) is 0 Å². The van der Waals surface area contributed by atoms with Crippen LogP contribution in [-0.4, -0.2) is 12.5 Å². The molecule has 1 aromatic rings. The molecule has 0 fully saturated rings. The number of nitrogens with two attached hydrogens (primary N) is 1. The SMILES string of the molecule is C.CC(C)(C)c1ccc(NC(=O)CN)cc1. The molecule has 0 saturated heterocycles. The number of carbonyl (C=O) groups excluding carboxylic acids is 1. The van der Waals surface area contributed by atoms with Crippen LogP contribution in [0.25, 0.3) is 0 Å². The molecule has 0 radical (unpaired) electrons.